The van der Waals surface area contributed by atoms with Crippen molar-refractivity contribution >= 4 is 0 Å². The summed E-state index contributed by atoms with van der Waals surface area (Å²) in [4.78, 5) is 4.59. The molecule has 3 N–H and O–H groups in total. The summed E-state index contributed by atoms with van der Waals surface area (Å²) in [5.41, 5.74) is 7.42. The van der Waals surface area contributed by atoms with E-state index in [9.17, 15) is 0 Å². The number of nitrogens with one attached hydrogen (secondary N) is 1. The molecule has 2 atom stereocenters. The Morgan fingerprint density at radius 1 is 1.41 bits per heavy atom. The summed E-state index contributed by atoms with van der Waals surface area (Å²) in [5, 5.41) is 3.59. The van der Waals surface area contributed by atoms with Crippen LogP contribution in [0, 0.1) is 0 Å². The van der Waals surface area contributed by atoms with E-state index in [-0.39, 0.29) is 0 Å². The second-order valence-electron chi connectivity index (χ2n) is 5.43. The largest absolute Gasteiger partial charge is 0.330 e. The molecule has 0 saturated carbocycles. The molecule has 0 bridgehead atoms. The SMILES string of the molecule is NC1CCc2cnc(CC3CCCCN3)n2C1. The first-order valence-electron chi connectivity index (χ1n) is 6.85. The lowest BCUT2D eigenvalue weighted by atomic mass is 10.0. The first-order valence-corrected chi connectivity index (χ1v) is 6.85. The van der Waals surface area contributed by atoms with Crippen LogP contribution in [0.3, 0.4) is 0 Å². The summed E-state index contributed by atoms with van der Waals surface area (Å²) in [5.74, 6) is 1.23. The number of aromatic nitrogens is 2. The van der Waals surface area contributed by atoms with Gasteiger partial charge in [0, 0.05) is 36.9 Å². The minimum atomic E-state index is 0.315. The van der Waals surface area contributed by atoms with Crippen LogP contribution in [0.4, 0.5) is 0 Å². The third kappa shape index (κ3) is 2.38. The van der Waals surface area contributed by atoms with Crippen molar-refractivity contribution in [2.45, 2.75) is 57.2 Å². The van der Waals surface area contributed by atoms with Gasteiger partial charge in [0.15, 0.2) is 0 Å². The van der Waals surface area contributed by atoms with Gasteiger partial charge in [-0.2, -0.15) is 0 Å². The number of aryl methyl sites for hydroxylation is 1. The normalized spacial score (nSPS) is 29.0. The van der Waals surface area contributed by atoms with E-state index in [2.05, 4.69) is 14.9 Å². The van der Waals surface area contributed by atoms with Crippen LogP contribution < -0.4 is 11.1 Å². The molecule has 4 nitrogen and oxygen atoms in total. The van der Waals surface area contributed by atoms with Gasteiger partial charge in [0.1, 0.15) is 5.82 Å². The molecule has 2 unspecified atom stereocenters. The van der Waals surface area contributed by atoms with Gasteiger partial charge in [0.25, 0.3) is 0 Å². The van der Waals surface area contributed by atoms with Gasteiger partial charge in [-0.1, -0.05) is 6.42 Å². The van der Waals surface area contributed by atoms with E-state index in [0.29, 0.717) is 12.1 Å². The molecule has 2 aliphatic heterocycles. The van der Waals surface area contributed by atoms with E-state index in [1.165, 1.54) is 30.8 Å². The van der Waals surface area contributed by atoms with Gasteiger partial charge < -0.3 is 15.6 Å². The Morgan fingerprint density at radius 3 is 3.18 bits per heavy atom. The van der Waals surface area contributed by atoms with Crippen molar-refractivity contribution in [3.8, 4) is 0 Å². The van der Waals surface area contributed by atoms with Gasteiger partial charge in [-0.05, 0) is 32.2 Å². The fourth-order valence-corrected chi connectivity index (χ4v) is 3.02. The van der Waals surface area contributed by atoms with E-state index < -0.39 is 0 Å². The summed E-state index contributed by atoms with van der Waals surface area (Å²) >= 11 is 0. The van der Waals surface area contributed by atoms with Crippen LogP contribution >= 0.6 is 0 Å². The number of nitrogens with two attached hydrogens (primary N) is 1. The Kier molecular flexibility index (Phi) is 3.16. The number of rotatable bonds is 2. The van der Waals surface area contributed by atoms with Gasteiger partial charge >= 0.3 is 0 Å². The zero-order valence-corrected chi connectivity index (χ0v) is 10.4. The Balaban J connectivity index is 1.72. The summed E-state index contributed by atoms with van der Waals surface area (Å²) in [6, 6.07) is 0.933. The molecule has 4 heteroatoms. The number of imidazole rings is 1. The summed E-state index contributed by atoms with van der Waals surface area (Å²) in [7, 11) is 0. The highest BCUT2D eigenvalue weighted by Gasteiger charge is 2.21. The van der Waals surface area contributed by atoms with Crippen molar-refractivity contribution in [2.24, 2.45) is 5.73 Å². The maximum absolute atomic E-state index is 6.05. The summed E-state index contributed by atoms with van der Waals surface area (Å²) < 4.78 is 2.35. The van der Waals surface area contributed by atoms with Crippen molar-refractivity contribution in [2.75, 3.05) is 6.54 Å². The van der Waals surface area contributed by atoms with E-state index in [4.69, 9.17) is 5.73 Å². The van der Waals surface area contributed by atoms with Crippen LogP contribution in [0.5, 0.6) is 0 Å². The van der Waals surface area contributed by atoms with E-state index in [1.54, 1.807) is 0 Å². The topological polar surface area (TPSA) is 55.9 Å². The van der Waals surface area contributed by atoms with Gasteiger partial charge in [0.05, 0.1) is 0 Å². The van der Waals surface area contributed by atoms with Crippen LogP contribution in [-0.2, 0) is 19.4 Å². The van der Waals surface area contributed by atoms with Crippen LogP contribution in [0.2, 0.25) is 0 Å². The molecule has 17 heavy (non-hydrogen) atoms. The van der Waals surface area contributed by atoms with Crippen molar-refractivity contribution in [1.82, 2.24) is 14.9 Å². The van der Waals surface area contributed by atoms with E-state index in [1.807, 2.05) is 6.20 Å². The highest BCUT2D eigenvalue weighted by Crippen LogP contribution is 2.19. The zero-order valence-electron chi connectivity index (χ0n) is 10.4. The number of hydrogen-bond acceptors (Lipinski definition) is 3. The average molecular weight is 234 g/mol. The quantitative estimate of drug-likeness (QED) is 0.797. The number of hydrogen-bond donors (Lipinski definition) is 2. The molecule has 0 amide bonds. The van der Waals surface area contributed by atoms with E-state index in [0.717, 1.165) is 32.4 Å². The summed E-state index contributed by atoms with van der Waals surface area (Å²) in [6.07, 6.45) is 9.26. The first-order chi connectivity index (χ1) is 8.33. The fourth-order valence-electron chi connectivity index (χ4n) is 3.02. The molecular formula is C13H22N4. The molecule has 0 aromatic carbocycles. The molecule has 2 aliphatic rings. The molecule has 94 valence electrons. The van der Waals surface area contributed by atoms with Crippen molar-refractivity contribution in [1.29, 1.82) is 0 Å². The molecule has 1 aromatic rings. The van der Waals surface area contributed by atoms with Crippen LogP contribution in [0.15, 0.2) is 6.20 Å². The predicted octanol–water partition coefficient (Wildman–Crippen LogP) is 0.841. The standard InChI is InChI=1S/C13H22N4/c14-10-4-5-12-8-16-13(17(12)9-10)7-11-3-1-2-6-15-11/h8,10-11,15H,1-7,9,14H2. The van der Waals surface area contributed by atoms with E-state index >= 15 is 0 Å². The fraction of sp³-hybridized carbons (Fsp3) is 0.769. The third-order valence-electron chi connectivity index (χ3n) is 4.05. The van der Waals surface area contributed by atoms with Gasteiger partial charge in [-0.25, -0.2) is 4.98 Å². The van der Waals surface area contributed by atoms with Crippen LogP contribution in [0.25, 0.3) is 0 Å². The average Bonchev–Trinajstić information content (AvgIpc) is 2.73. The lowest BCUT2D eigenvalue weighted by molar-refractivity contribution is 0.380. The van der Waals surface area contributed by atoms with Gasteiger partial charge in [0.2, 0.25) is 0 Å². The molecule has 3 heterocycles. The monoisotopic (exact) mass is 234 g/mol. The molecule has 0 aliphatic carbocycles. The minimum Gasteiger partial charge on any atom is -0.330 e. The van der Waals surface area contributed by atoms with Gasteiger partial charge in [-0.3, -0.25) is 0 Å². The van der Waals surface area contributed by atoms with Crippen molar-refractivity contribution in [3.05, 3.63) is 17.7 Å². The smallest absolute Gasteiger partial charge is 0.110 e. The summed E-state index contributed by atoms with van der Waals surface area (Å²) in [6.45, 7) is 2.12. The Labute approximate surface area is 103 Å². The van der Waals surface area contributed by atoms with Crippen LogP contribution in [-0.4, -0.2) is 28.2 Å². The number of nitrogens with zero attached hydrogens (tertiary/aromatic N) is 2. The third-order valence-corrected chi connectivity index (χ3v) is 4.05. The molecule has 3 rings (SSSR count). The first kappa shape index (κ1) is 11.2. The molecule has 0 spiro atoms. The molecule has 0 radical (unpaired) electrons. The number of piperidine rings is 1. The second-order valence-corrected chi connectivity index (χ2v) is 5.43. The Bertz CT molecular complexity index is 379. The lowest BCUT2D eigenvalue weighted by Crippen LogP contribution is -2.37. The molecule has 1 aromatic heterocycles. The Morgan fingerprint density at radius 2 is 2.35 bits per heavy atom. The molecule has 1 saturated heterocycles. The maximum atomic E-state index is 6.05. The van der Waals surface area contributed by atoms with Crippen LogP contribution in [0.1, 0.15) is 37.2 Å². The molecular weight excluding hydrogens is 212 g/mol. The second kappa shape index (κ2) is 4.78. The highest BCUT2D eigenvalue weighted by atomic mass is 15.1. The Hall–Kier alpha value is -0.870. The van der Waals surface area contributed by atoms with Crippen molar-refractivity contribution in [3.63, 3.8) is 0 Å². The zero-order chi connectivity index (χ0) is 11.7. The maximum Gasteiger partial charge on any atom is 0.110 e. The highest BCUT2D eigenvalue weighted by molar-refractivity contribution is 5.10. The van der Waals surface area contributed by atoms with Crippen molar-refractivity contribution < 1.29 is 0 Å². The predicted molar refractivity (Wildman–Crippen MR) is 67.9 cm³/mol. The number of fused-ring (bicyclic) bond motifs is 1. The minimum absolute atomic E-state index is 0.315. The van der Waals surface area contributed by atoms with Gasteiger partial charge in [-0.15, -0.1) is 0 Å². The lowest BCUT2D eigenvalue weighted by Gasteiger charge is -2.26. The molecule has 1 fully saturated rings.